The quantitative estimate of drug-likeness (QED) is 0.501. The molecule has 0 bridgehead atoms. The summed E-state index contributed by atoms with van der Waals surface area (Å²) >= 11 is 13.3. The average Bonchev–Trinajstić information content (AvgIpc) is 3.33. The van der Waals surface area contributed by atoms with Crippen molar-refractivity contribution in [1.82, 2.24) is 9.78 Å². The van der Waals surface area contributed by atoms with Gasteiger partial charge in [0.2, 0.25) is 0 Å². The molecule has 31 heavy (non-hydrogen) atoms. The first-order valence-corrected chi connectivity index (χ1v) is 10.6. The minimum absolute atomic E-state index is 0.171. The minimum Gasteiger partial charge on any atom is -0.462 e. The summed E-state index contributed by atoms with van der Waals surface area (Å²) in [5.74, 6) is -1.89. The molecule has 0 aliphatic heterocycles. The van der Waals surface area contributed by atoms with Gasteiger partial charge in [-0.2, -0.15) is 5.10 Å². The fourth-order valence-electron chi connectivity index (χ4n) is 2.58. The standard InChI is InChI=1S/C20H17Cl2N3O5S/c1-3-29-20(28)18-15(7-16(31-18)13-5-4-12(21)6-14(13)22)24-17(26)10-30-19(27)11-8-23-25(2)9-11/h4-9H,3,10H2,1-2H3,(H,24,26). The number of aryl methyl sites for hydroxylation is 1. The lowest BCUT2D eigenvalue weighted by atomic mass is 10.2. The zero-order valence-electron chi connectivity index (χ0n) is 16.5. The summed E-state index contributed by atoms with van der Waals surface area (Å²) in [6.07, 6.45) is 2.81. The molecule has 0 radical (unpaired) electrons. The van der Waals surface area contributed by atoms with E-state index in [4.69, 9.17) is 32.7 Å². The van der Waals surface area contributed by atoms with E-state index in [2.05, 4.69) is 10.4 Å². The summed E-state index contributed by atoms with van der Waals surface area (Å²) in [6, 6.07) is 6.57. The Morgan fingerprint density at radius 1 is 1.16 bits per heavy atom. The van der Waals surface area contributed by atoms with Crippen molar-refractivity contribution in [1.29, 1.82) is 0 Å². The van der Waals surface area contributed by atoms with Crippen LogP contribution in [0.1, 0.15) is 27.0 Å². The van der Waals surface area contributed by atoms with Crippen molar-refractivity contribution >= 4 is 58.1 Å². The Hall–Kier alpha value is -2.88. The maximum atomic E-state index is 12.4. The lowest BCUT2D eigenvalue weighted by Crippen LogP contribution is -2.21. The third-order valence-corrected chi connectivity index (χ3v) is 5.63. The molecule has 0 spiro atoms. The average molecular weight is 482 g/mol. The summed E-state index contributed by atoms with van der Waals surface area (Å²) in [7, 11) is 1.65. The monoisotopic (exact) mass is 481 g/mol. The van der Waals surface area contributed by atoms with Crippen LogP contribution in [-0.2, 0) is 21.3 Å². The van der Waals surface area contributed by atoms with Crippen molar-refractivity contribution < 1.29 is 23.9 Å². The summed E-state index contributed by atoms with van der Waals surface area (Å²) in [5.41, 5.74) is 1.09. The maximum absolute atomic E-state index is 12.4. The van der Waals surface area contributed by atoms with E-state index >= 15 is 0 Å². The highest BCUT2D eigenvalue weighted by Crippen LogP contribution is 2.39. The van der Waals surface area contributed by atoms with Crippen LogP contribution in [0.3, 0.4) is 0 Å². The number of amides is 1. The van der Waals surface area contributed by atoms with Crippen LogP contribution in [0.5, 0.6) is 0 Å². The van der Waals surface area contributed by atoms with Crippen LogP contribution >= 0.6 is 34.5 Å². The van der Waals surface area contributed by atoms with Gasteiger partial charge >= 0.3 is 11.9 Å². The van der Waals surface area contributed by atoms with Crippen molar-refractivity contribution in [3.05, 3.63) is 57.1 Å². The molecule has 1 aromatic carbocycles. The summed E-state index contributed by atoms with van der Waals surface area (Å²) in [6.45, 7) is 1.31. The summed E-state index contributed by atoms with van der Waals surface area (Å²) in [4.78, 5) is 37.5. The van der Waals surface area contributed by atoms with Gasteiger partial charge in [0.05, 0.1) is 29.1 Å². The Kier molecular flexibility index (Phi) is 7.32. The van der Waals surface area contributed by atoms with Crippen molar-refractivity contribution in [2.75, 3.05) is 18.5 Å². The molecular weight excluding hydrogens is 465 g/mol. The molecule has 2 aromatic heterocycles. The number of thiophene rings is 1. The molecule has 0 saturated carbocycles. The van der Waals surface area contributed by atoms with Crippen molar-refractivity contribution in [2.24, 2.45) is 7.05 Å². The molecular formula is C20H17Cl2N3O5S. The fraction of sp³-hybridized carbons (Fsp3) is 0.200. The van der Waals surface area contributed by atoms with E-state index in [-0.39, 0.29) is 22.7 Å². The number of aromatic nitrogens is 2. The Balaban J connectivity index is 1.78. The Morgan fingerprint density at radius 2 is 1.94 bits per heavy atom. The van der Waals surface area contributed by atoms with Gasteiger partial charge in [-0.15, -0.1) is 11.3 Å². The number of benzene rings is 1. The van der Waals surface area contributed by atoms with E-state index in [0.717, 1.165) is 11.3 Å². The topological polar surface area (TPSA) is 99.5 Å². The van der Waals surface area contributed by atoms with E-state index in [1.807, 2.05) is 0 Å². The number of carbonyl (C=O) groups excluding carboxylic acids is 3. The molecule has 3 rings (SSSR count). The van der Waals surface area contributed by atoms with Crippen LogP contribution in [0.25, 0.3) is 10.4 Å². The highest BCUT2D eigenvalue weighted by molar-refractivity contribution is 7.18. The molecule has 1 N–H and O–H groups in total. The number of hydrogen-bond acceptors (Lipinski definition) is 7. The zero-order valence-corrected chi connectivity index (χ0v) is 18.8. The van der Waals surface area contributed by atoms with Crippen LogP contribution in [0.15, 0.2) is 36.7 Å². The highest BCUT2D eigenvalue weighted by Gasteiger charge is 2.22. The molecule has 8 nitrogen and oxygen atoms in total. The molecule has 0 aliphatic carbocycles. The first kappa shape index (κ1) is 22.8. The first-order valence-electron chi connectivity index (χ1n) is 9.00. The van der Waals surface area contributed by atoms with Crippen LogP contribution in [0.4, 0.5) is 5.69 Å². The number of anilines is 1. The van der Waals surface area contributed by atoms with Gasteiger partial charge in [-0.05, 0) is 25.1 Å². The number of nitrogens with zero attached hydrogens (tertiary/aromatic N) is 2. The minimum atomic E-state index is -0.687. The molecule has 0 unspecified atom stereocenters. The Bertz CT molecular complexity index is 1140. The summed E-state index contributed by atoms with van der Waals surface area (Å²) in [5, 5.41) is 7.33. The second-order valence-corrected chi connectivity index (χ2v) is 8.12. The second-order valence-electron chi connectivity index (χ2n) is 6.23. The lowest BCUT2D eigenvalue weighted by molar-refractivity contribution is -0.119. The van der Waals surface area contributed by atoms with E-state index in [1.165, 1.54) is 17.1 Å². The number of nitrogens with one attached hydrogen (secondary N) is 1. The van der Waals surface area contributed by atoms with Gasteiger partial charge in [0, 0.05) is 28.7 Å². The number of hydrogen-bond donors (Lipinski definition) is 1. The molecule has 0 fully saturated rings. The molecule has 11 heteroatoms. The number of ether oxygens (including phenoxy) is 2. The van der Waals surface area contributed by atoms with E-state index < -0.39 is 24.5 Å². The predicted octanol–water partition coefficient (Wildman–Crippen LogP) is 4.43. The Labute approximate surface area is 191 Å². The van der Waals surface area contributed by atoms with Gasteiger partial charge in [-0.3, -0.25) is 9.48 Å². The van der Waals surface area contributed by atoms with Gasteiger partial charge in [0.25, 0.3) is 5.91 Å². The van der Waals surface area contributed by atoms with Gasteiger partial charge in [0.15, 0.2) is 6.61 Å². The third kappa shape index (κ3) is 5.63. The largest absolute Gasteiger partial charge is 0.462 e. The van der Waals surface area contributed by atoms with Crippen LogP contribution in [0, 0.1) is 0 Å². The van der Waals surface area contributed by atoms with Crippen molar-refractivity contribution in [3.63, 3.8) is 0 Å². The normalized spacial score (nSPS) is 10.6. The predicted molar refractivity (Wildman–Crippen MR) is 118 cm³/mol. The van der Waals surface area contributed by atoms with Crippen LogP contribution in [-0.4, -0.2) is 40.8 Å². The molecule has 2 heterocycles. The van der Waals surface area contributed by atoms with Crippen LogP contribution in [0.2, 0.25) is 10.0 Å². The molecule has 3 aromatic rings. The zero-order chi connectivity index (χ0) is 22.5. The summed E-state index contributed by atoms with van der Waals surface area (Å²) < 4.78 is 11.5. The maximum Gasteiger partial charge on any atom is 0.350 e. The lowest BCUT2D eigenvalue weighted by Gasteiger charge is -2.06. The number of carbonyl (C=O) groups is 3. The molecule has 0 atom stereocenters. The molecule has 162 valence electrons. The number of rotatable bonds is 7. The van der Waals surface area contributed by atoms with Gasteiger partial charge in [-0.25, -0.2) is 9.59 Å². The van der Waals surface area contributed by atoms with Gasteiger partial charge in [0.1, 0.15) is 4.88 Å². The van der Waals surface area contributed by atoms with Crippen molar-refractivity contribution in [3.8, 4) is 10.4 Å². The number of esters is 2. The molecule has 0 saturated heterocycles. The van der Waals surface area contributed by atoms with E-state index in [1.54, 1.807) is 38.2 Å². The Morgan fingerprint density at radius 3 is 2.58 bits per heavy atom. The smallest absolute Gasteiger partial charge is 0.350 e. The fourth-order valence-corrected chi connectivity index (χ4v) is 4.19. The van der Waals surface area contributed by atoms with E-state index in [9.17, 15) is 14.4 Å². The molecule has 1 amide bonds. The molecule has 0 aliphatic rings. The van der Waals surface area contributed by atoms with E-state index in [0.29, 0.717) is 20.5 Å². The van der Waals surface area contributed by atoms with Gasteiger partial charge in [-0.1, -0.05) is 29.3 Å². The second kappa shape index (κ2) is 9.95. The van der Waals surface area contributed by atoms with Crippen molar-refractivity contribution in [2.45, 2.75) is 6.92 Å². The van der Waals surface area contributed by atoms with Crippen LogP contribution < -0.4 is 5.32 Å². The van der Waals surface area contributed by atoms with Gasteiger partial charge < -0.3 is 14.8 Å². The number of halogens is 2. The highest BCUT2D eigenvalue weighted by atomic mass is 35.5. The SMILES string of the molecule is CCOC(=O)c1sc(-c2ccc(Cl)cc2Cl)cc1NC(=O)COC(=O)c1cnn(C)c1. The third-order valence-electron chi connectivity index (χ3n) is 3.94. The first-order chi connectivity index (χ1) is 14.8.